The zero-order valence-electron chi connectivity index (χ0n) is 14.6. The molecule has 2 aromatic carbocycles. The third-order valence-corrected chi connectivity index (χ3v) is 4.80. The van der Waals surface area contributed by atoms with Crippen molar-refractivity contribution in [1.82, 2.24) is 9.88 Å². The number of halogens is 1. The molecule has 27 heavy (non-hydrogen) atoms. The van der Waals surface area contributed by atoms with Crippen molar-refractivity contribution in [3.05, 3.63) is 71.0 Å². The van der Waals surface area contributed by atoms with Crippen LogP contribution in [0.3, 0.4) is 0 Å². The predicted molar refractivity (Wildman–Crippen MR) is 102 cm³/mol. The molecule has 0 saturated heterocycles. The Kier molecular flexibility index (Phi) is 5.93. The van der Waals surface area contributed by atoms with E-state index in [9.17, 15) is 14.0 Å². The van der Waals surface area contributed by atoms with Crippen LogP contribution in [-0.2, 0) is 20.9 Å². The summed E-state index contributed by atoms with van der Waals surface area (Å²) in [5.74, 6) is -1.49. The molecule has 0 N–H and O–H groups in total. The predicted octanol–water partition coefficient (Wildman–Crippen LogP) is 3.65. The molecule has 0 bridgehead atoms. The molecule has 1 amide bonds. The number of para-hydroxylation sites is 1. The first-order valence-corrected chi connectivity index (χ1v) is 9.02. The van der Waals surface area contributed by atoms with E-state index in [4.69, 9.17) is 4.74 Å². The number of esters is 1. The highest BCUT2D eigenvalue weighted by molar-refractivity contribution is 7.18. The Morgan fingerprint density at radius 2 is 1.93 bits per heavy atom. The fourth-order valence-electron chi connectivity index (χ4n) is 2.34. The average Bonchev–Trinajstić information content (AvgIpc) is 3.07. The van der Waals surface area contributed by atoms with Gasteiger partial charge in [-0.25, -0.2) is 14.2 Å². The topological polar surface area (TPSA) is 59.5 Å². The molecule has 0 fully saturated rings. The summed E-state index contributed by atoms with van der Waals surface area (Å²) in [5.41, 5.74) is 1.16. The highest BCUT2D eigenvalue weighted by atomic mass is 32.1. The summed E-state index contributed by atoms with van der Waals surface area (Å²) < 4.78 is 19.5. The van der Waals surface area contributed by atoms with Gasteiger partial charge in [0.1, 0.15) is 10.8 Å². The van der Waals surface area contributed by atoms with Gasteiger partial charge in [0.25, 0.3) is 5.91 Å². The second-order valence-electron chi connectivity index (χ2n) is 5.79. The number of fused-ring (bicyclic) bond motifs is 1. The van der Waals surface area contributed by atoms with Crippen molar-refractivity contribution in [3.63, 3.8) is 0 Å². The van der Waals surface area contributed by atoms with Gasteiger partial charge in [-0.3, -0.25) is 4.79 Å². The summed E-state index contributed by atoms with van der Waals surface area (Å²) in [4.78, 5) is 29.8. The van der Waals surface area contributed by atoms with E-state index in [-0.39, 0.29) is 18.1 Å². The minimum absolute atomic E-state index is 0.272. The van der Waals surface area contributed by atoms with Gasteiger partial charge in [-0.05, 0) is 24.3 Å². The minimum Gasteiger partial charge on any atom is -0.452 e. The lowest BCUT2D eigenvalue weighted by Crippen LogP contribution is -2.30. The van der Waals surface area contributed by atoms with E-state index in [1.165, 1.54) is 34.4 Å². The zero-order valence-corrected chi connectivity index (χ0v) is 15.4. The lowest BCUT2D eigenvalue weighted by atomic mass is 10.2. The van der Waals surface area contributed by atoms with E-state index < -0.39 is 11.8 Å². The number of aromatic nitrogens is 1. The Morgan fingerprint density at radius 3 is 2.70 bits per heavy atom. The van der Waals surface area contributed by atoms with Crippen LogP contribution in [0.2, 0.25) is 0 Å². The quantitative estimate of drug-likeness (QED) is 0.481. The number of thiazole rings is 1. The normalized spacial score (nSPS) is 11.0. The molecule has 7 heteroatoms. The maximum Gasteiger partial charge on any atom is 0.331 e. The lowest BCUT2D eigenvalue weighted by Gasteiger charge is -2.15. The third-order valence-electron chi connectivity index (χ3n) is 3.78. The number of carbonyl (C=O) groups is 2. The Morgan fingerprint density at radius 1 is 1.19 bits per heavy atom. The first kappa shape index (κ1) is 18.7. The van der Waals surface area contributed by atoms with Crippen molar-refractivity contribution in [3.8, 4) is 0 Å². The molecule has 0 unspecified atom stereocenters. The van der Waals surface area contributed by atoms with Gasteiger partial charge >= 0.3 is 5.97 Å². The molecule has 3 rings (SSSR count). The lowest BCUT2D eigenvalue weighted by molar-refractivity contribution is -0.147. The number of carbonyl (C=O) groups excluding carboxylic acids is 2. The second-order valence-corrected chi connectivity index (χ2v) is 6.90. The molecule has 138 valence electrons. The van der Waals surface area contributed by atoms with Crippen LogP contribution in [0.15, 0.2) is 54.6 Å². The number of hydrogen-bond donors (Lipinski definition) is 0. The fourth-order valence-corrected chi connectivity index (χ4v) is 3.36. The van der Waals surface area contributed by atoms with Crippen LogP contribution in [-0.4, -0.2) is 35.4 Å². The molecule has 0 radical (unpaired) electrons. The number of likely N-dealkylation sites (N-methyl/N-ethyl adjacent to an activating group) is 1. The van der Waals surface area contributed by atoms with E-state index in [1.54, 1.807) is 19.2 Å². The second kappa shape index (κ2) is 8.55. The van der Waals surface area contributed by atoms with E-state index in [1.807, 2.05) is 24.3 Å². The van der Waals surface area contributed by atoms with Crippen molar-refractivity contribution in [2.75, 3.05) is 13.7 Å². The Labute approximate surface area is 159 Å². The standard InChI is InChI=1S/C20H17FN2O3S/c1-23(12-18-22-16-8-4-5-9-17(16)27-18)19(24)13-26-20(25)11-10-14-6-2-3-7-15(14)21/h2-11H,12-13H2,1H3/b11-10+. The van der Waals surface area contributed by atoms with Gasteiger partial charge in [-0.2, -0.15) is 0 Å². The third kappa shape index (κ3) is 4.98. The minimum atomic E-state index is -0.708. The molecule has 0 spiro atoms. The summed E-state index contributed by atoms with van der Waals surface area (Å²) >= 11 is 1.52. The summed E-state index contributed by atoms with van der Waals surface area (Å²) in [5, 5.41) is 0.804. The molecule has 0 aliphatic carbocycles. The number of ether oxygens (including phenoxy) is 1. The molecule has 0 atom stereocenters. The Bertz CT molecular complexity index is 967. The molecule has 1 aromatic heterocycles. The monoisotopic (exact) mass is 384 g/mol. The molecule has 0 aliphatic heterocycles. The van der Waals surface area contributed by atoms with Crippen molar-refractivity contribution in [1.29, 1.82) is 0 Å². The van der Waals surface area contributed by atoms with Crippen LogP contribution in [0.25, 0.3) is 16.3 Å². The smallest absolute Gasteiger partial charge is 0.331 e. The summed E-state index contributed by atoms with van der Waals surface area (Å²) in [6.07, 6.45) is 2.41. The maximum absolute atomic E-state index is 13.5. The van der Waals surface area contributed by atoms with Crippen molar-refractivity contribution in [2.24, 2.45) is 0 Å². The maximum atomic E-state index is 13.5. The first-order valence-electron chi connectivity index (χ1n) is 8.21. The summed E-state index contributed by atoms with van der Waals surface area (Å²) in [7, 11) is 1.62. The number of nitrogens with zero attached hydrogens (tertiary/aromatic N) is 2. The SMILES string of the molecule is CN(Cc1nc2ccccc2s1)C(=O)COC(=O)/C=C/c1ccccc1F. The highest BCUT2D eigenvalue weighted by Crippen LogP contribution is 2.22. The largest absolute Gasteiger partial charge is 0.452 e. The van der Waals surface area contributed by atoms with Crippen molar-refractivity contribution >= 4 is 39.5 Å². The van der Waals surface area contributed by atoms with E-state index in [0.717, 1.165) is 21.3 Å². The van der Waals surface area contributed by atoms with Gasteiger partial charge < -0.3 is 9.64 Å². The molecule has 1 heterocycles. The molecule has 3 aromatic rings. The average molecular weight is 384 g/mol. The Hall–Kier alpha value is -3.06. The summed E-state index contributed by atoms with van der Waals surface area (Å²) in [6.45, 7) is -0.0529. The van der Waals surface area contributed by atoms with E-state index in [2.05, 4.69) is 4.98 Å². The fraction of sp³-hybridized carbons (Fsp3) is 0.150. The summed E-state index contributed by atoms with van der Waals surface area (Å²) in [6, 6.07) is 13.8. The molecule has 5 nitrogen and oxygen atoms in total. The van der Waals surface area contributed by atoms with E-state index >= 15 is 0 Å². The van der Waals surface area contributed by atoms with Gasteiger partial charge in [0.05, 0.1) is 16.8 Å². The van der Waals surface area contributed by atoms with Gasteiger partial charge in [-0.1, -0.05) is 30.3 Å². The number of hydrogen-bond acceptors (Lipinski definition) is 5. The van der Waals surface area contributed by atoms with Crippen LogP contribution in [0.5, 0.6) is 0 Å². The van der Waals surface area contributed by atoms with Crippen LogP contribution >= 0.6 is 11.3 Å². The van der Waals surface area contributed by atoms with Gasteiger partial charge in [0.2, 0.25) is 0 Å². The Balaban J connectivity index is 1.50. The number of rotatable bonds is 6. The highest BCUT2D eigenvalue weighted by Gasteiger charge is 2.14. The van der Waals surface area contributed by atoms with Gasteiger partial charge in [-0.15, -0.1) is 11.3 Å². The van der Waals surface area contributed by atoms with Crippen molar-refractivity contribution < 1.29 is 18.7 Å². The zero-order chi connectivity index (χ0) is 19.2. The van der Waals surface area contributed by atoms with E-state index in [0.29, 0.717) is 6.54 Å². The number of amides is 1. The van der Waals surface area contributed by atoms with Gasteiger partial charge in [0, 0.05) is 18.7 Å². The first-order chi connectivity index (χ1) is 13.0. The van der Waals surface area contributed by atoms with Gasteiger partial charge in [0.15, 0.2) is 6.61 Å². The van der Waals surface area contributed by atoms with Crippen LogP contribution in [0.4, 0.5) is 4.39 Å². The van der Waals surface area contributed by atoms with Crippen LogP contribution < -0.4 is 0 Å². The van der Waals surface area contributed by atoms with Crippen LogP contribution in [0, 0.1) is 5.82 Å². The van der Waals surface area contributed by atoms with Crippen molar-refractivity contribution in [2.45, 2.75) is 6.54 Å². The molecular weight excluding hydrogens is 367 g/mol. The number of benzene rings is 2. The molecule has 0 aliphatic rings. The van der Waals surface area contributed by atoms with Crippen LogP contribution in [0.1, 0.15) is 10.6 Å². The molecular formula is C20H17FN2O3S. The molecule has 0 saturated carbocycles.